The first-order valence-corrected chi connectivity index (χ1v) is 10.8. The molecule has 1 heterocycles. The molecular formula is C21H15F3N4O4S. The summed E-state index contributed by atoms with van der Waals surface area (Å²) in [5.41, 5.74) is -0.536. The van der Waals surface area contributed by atoms with Gasteiger partial charge in [0.25, 0.3) is 0 Å². The first kappa shape index (κ1) is 22.3. The molecule has 0 unspecified atom stereocenters. The summed E-state index contributed by atoms with van der Waals surface area (Å²) in [7, 11) is -3.94. The predicted octanol–water partition coefficient (Wildman–Crippen LogP) is 3.68. The number of benzene rings is 3. The Morgan fingerprint density at radius 2 is 1.55 bits per heavy atom. The van der Waals surface area contributed by atoms with E-state index < -0.39 is 27.5 Å². The van der Waals surface area contributed by atoms with Crippen LogP contribution < -0.4 is 5.14 Å². The largest absolute Gasteiger partial charge is 0.507 e. The summed E-state index contributed by atoms with van der Waals surface area (Å²) in [4.78, 5) is 4.18. The smallest absolute Gasteiger partial charge is 0.416 e. The van der Waals surface area contributed by atoms with Crippen LogP contribution in [-0.4, -0.2) is 33.4 Å². The standard InChI is InChI=1S/C21H15F3N4O4S/c22-21(23,24)12-5-10-15(18(30)11-12)19-26-20(16-3-1-2-4-17(16)29)28(27-19)13-6-8-14(9-7-13)33(25,31)32/h1-11,29-30H,(H2,25,31,32). The number of primary sulfonamides is 1. The molecule has 0 bridgehead atoms. The molecule has 1 aromatic heterocycles. The average Bonchev–Trinajstić information content (AvgIpc) is 3.17. The highest BCUT2D eigenvalue weighted by atomic mass is 32.2. The van der Waals surface area contributed by atoms with Crippen LogP contribution in [0.15, 0.2) is 71.6 Å². The number of phenolic OH excluding ortho intramolecular Hbond substituents is 2. The van der Waals surface area contributed by atoms with E-state index in [4.69, 9.17) is 5.14 Å². The lowest BCUT2D eigenvalue weighted by Gasteiger charge is -2.08. The van der Waals surface area contributed by atoms with Gasteiger partial charge in [-0.25, -0.2) is 23.2 Å². The molecule has 4 aromatic rings. The van der Waals surface area contributed by atoms with E-state index in [0.717, 1.165) is 12.1 Å². The number of nitrogens with two attached hydrogens (primary N) is 1. The minimum atomic E-state index is -4.64. The number of halogens is 3. The van der Waals surface area contributed by atoms with Gasteiger partial charge in [-0.1, -0.05) is 12.1 Å². The summed E-state index contributed by atoms with van der Waals surface area (Å²) >= 11 is 0. The molecule has 3 aromatic carbocycles. The maximum atomic E-state index is 12.9. The van der Waals surface area contributed by atoms with Crippen molar-refractivity contribution in [3.8, 4) is 40.0 Å². The van der Waals surface area contributed by atoms with Crippen LogP contribution in [0.5, 0.6) is 11.5 Å². The van der Waals surface area contributed by atoms with Crippen molar-refractivity contribution in [2.24, 2.45) is 5.14 Å². The number of sulfonamides is 1. The summed E-state index contributed by atoms with van der Waals surface area (Å²) in [5, 5.41) is 29.9. The Kier molecular flexibility index (Phi) is 5.34. The van der Waals surface area contributed by atoms with E-state index in [9.17, 15) is 31.8 Å². The summed E-state index contributed by atoms with van der Waals surface area (Å²) in [6.07, 6.45) is -4.64. The summed E-state index contributed by atoms with van der Waals surface area (Å²) in [6.45, 7) is 0. The molecule has 0 aliphatic rings. The molecule has 12 heteroatoms. The minimum absolute atomic E-state index is 0.0698. The van der Waals surface area contributed by atoms with Crippen molar-refractivity contribution < 1.29 is 31.8 Å². The van der Waals surface area contributed by atoms with Crippen LogP contribution in [0.3, 0.4) is 0 Å². The van der Waals surface area contributed by atoms with Gasteiger partial charge >= 0.3 is 6.18 Å². The lowest BCUT2D eigenvalue weighted by Crippen LogP contribution is -2.12. The van der Waals surface area contributed by atoms with Crippen LogP contribution in [0.4, 0.5) is 13.2 Å². The van der Waals surface area contributed by atoms with E-state index in [-0.39, 0.29) is 33.4 Å². The second kappa shape index (κ2) is 7.90. The molecule has 8 nitrogen and oxygen atoms in total. The van der Waals surface area contributed by atoms with Gasteiger partial charge in [0.2, 0.25) is 10.0 Å². The van der Waals surface area contributed by atoms with Crippen molar-refractivity contribution in [3.05, 3.63) is 72.3 Å². The number of aromatic nitrogens is 3. The molecule has 0 atom stereocenters. The van der Waals surface area contributed by atoms with Gasteiger partial charge in [0.05, 0.1) is 27.3 Å². The fraction of sp³-hybridized carbons (Fsp3) is 0.0476. The van der Waals surface area contributed by atoms with Crippen LogP contribution in [-0.2, 0) is 16.2 Å². The number of rotatable bonds is 4. The Morgan fingerprint density at radius 3 is 2.12 bits per heavy atom. The van der Waals surface area contributed by atoms with Crippen LogP contribution in [0.2, 0.25) is 0 Å². The lowest BCUT2D eigenvalue weighted by atomic mass is 10.1. The van der Waals surface area contributed by atoms with Gasteiger partial charge < -0.3 is 10.2 Å². The monoisotopic (exact) mass is 476 g/mol. The second-order valence-corrected chi connectivity index (χ2v) is 8.52. The fourth-order valence-electron chi connectivity index (χ4n) is 3.12. The Hall–Kier alpha value is -3.90. The van der Waals surface area contributed by atoms with E-state index in [1.165, 1.54) is 35.0 Å². The third kappa shape index (κ3) is 4.38. The van der Waals surface area contributed by atoms with E-state index in [1.54, 1.807) is 18.2 Å². The van der Waals surface area contributed by atoms with Crippen molar-refractivity contribution in [3.63, 3.8) is 0 Å². The number of para-hydroxylation sites is 1. The van der Waals surface area contributed by atoms with E-state index >= 15 is 0 Å². The third-order valence-corrected chi connectivity index (χ3v) is 5.66. The molecule has 4 N–H and O–H groups in total. The van der Waals surface area contributed by atoms with Crippen LogP contribution in [0.1, 0.15) is 5.56 Å². The molecule has 0 spiro atoms. The van der Waals surface area contributed by atoms with Crippen LogP contribution >= 0.6 is 0 Å². The molecule has 0 radical (unpaired) electrons. The topological polar surface area (TPSA) is 131 Å². The third-order valence-electron chi connectivity index (χ3n) is 4.73. The maximum absolute atomic E-state index is 12.9. The van der Waals surface area contributed by atoms with E-state index in [0.29, 0.717) is 11.8 Å². The van der Waals surface area contributed by atoms with Crippen LogP contribution in [0, 0.1) is 0 Å². The van der Waals surface area contributed by atoms with E-state index in [2.05, 4.69) is 10.1 Å². The van der Waals surface area contributed by atoms with Crippen molar-refractivity contribution in [1.82, 2.24) is 14.8 Å². The number of alkyl halides is 3. The summed E-state index contributed by atoms with van der Waals surface area (Å²) in [6, 6.07) is 13.9. The van der Waals surface area contributed by atoms with Gasteiger partial charge in [0.1, 0.15) is 11.5 Å². The SMILES string of the molecule is NS(=O)(=O)c1ccc(-n2nc(-c3ccc(C(F)(F)F)cc3O)nc2-c2ccccc2O)cc1. The Balaban J connectivity index is 1.89. The Morgan fingerprint density at radius 1 is 0.879 bits per heavy atom. The Bertz CT molecular complexity index is 1450. The van der Waals surface area contributed by atoms with Gasteiger partial charge in [0.15, 0.2) is 11.6 Å². The first-order chi connectivity index (χ1) is 15.4. The van der Waals surface area contributed by atoms with Gasteiger partial charge in [-0.15, -0.1) is 5.10 Å². The van der Waals surface area contributed by atoms with Crippen molar-refractivity contribution in [1.29, 1.82) is 0 Å². The van der Waals surface area contributed by atoms with Gasteiger partial charge in [-0.2, -0.15) is 13.2 Å². The Labute approximate surface area is 185 Å². The molecule has 0 aliphatic heterocycles. The molecule has 0 amide bonds. The average molecular weight is 476 g/mol. The zero-order valence-corrected chi connectivity index (χ0v) is 17.3. The zero-order chi connectivity index (χ0) is 24.0. The highest BCUT2D eigenvalue weighted by molar-refractivity contribution is 7.89. The predicted molar refractivity (Wildman–Crippen MR) is 112 cm³/mol. The lowest BCUT2D eigenvalue weighted by molar-refractivity contribution is -0.137. The first-order valence-electron chi connectivity index (χ1n) is 9.24. The number of hydrogen-bond donors (Lipinski definition) is 3. The number of phenols is 2. The molecule has 4 rings (SSSR count). The zero-order valence-electron chi connectivity index (χ0n) is 16.5. The molecule has 0 aliphatic carbocycles. The van der Waals surface area contributed by atoms with Gasteiger partial charge in [0, 0.05) is 0 Å². The van der Waals surface area contributed by atoms with E-state index in [1.807, 2.05) is 0 Å². The number of hydrogen-bond acceptors (Lipinski definition) is 6. The molecule has 0 saturated carbocycles. The summed E-state index contributed by atoms with van der Waals surface area (Å²) in [5.74, 6) is -0.841. The summed E-state index contributed by atoms with van der Waals surface area (Å²) < 4.78 is 63.2. The normalized spacial score (nSPS) is 12.1. The molecule has 33 heavy (non-hydrogen) atoms. The van der Waals surface area contributed by atoms with Gasteiger partial charge in [-0.05, 0) is 54.6 Å². The highest BCUT2D eigenvalue weighted by Crippen LogP contribution is 2.37. The quantitative estimate of drug-likeness (QED) is 0.412. The molecule has 170 valence electrons. The van der Waals surface area contributed by atoms with Crippen molar-refractivity contribution in [2.75, 3.05) is 0 Å². The van der Waals surface area contributed by atoms with Crippen molar-refractivity contribution >= 4 is 10.0 Å². The molecule has 0 fully saturated rings. The van der Waals surface area contributed by atoms with Crippen LogP contribution in [0.25, 0.3) is 28.5 Å². The van der Waals surface area contributed by atoms with Crippen molar-refractivity contribution in [2.45, 2.75) is 11.1 Å². The van der Waals surface area contributed by atoms with Gasteiger partial charge in [-0.3, -0.25) is 0 Å². The fourth-order valence-corrected chi connectivity index (χ4v) is 3.63. The number of nitrogens with zero attached hydrogens (tertiary/aromatic N) is 3. The number of aromatic hydroxyl groups is 2. The maximum Gasteiger partial charge on any atom is 0.416 e. The highest BCUT2D eigenvalue weighted by Gasteiger charge is 2.31. The molecule has 0 saturated heterocycles. The second-order valence-electron chi connectivity index (χ2n) is 6.96. The minimum Gasteiger partial charge on any atom is -0.507 e. The molecular weight excluding hydrogens is 461 g/mol.